The van der Waals surface area contributed by atoms with E-state index >= 15 is 0 Å². The van der Waals surface area contributed by atoms with Gasteiger partial charge in [-0.25, -0.2) is 4.98 Å². The lowest BCUT2D eigenvalue weighted by Crippen LogP contribution is -2.30. The maximum absolute atomic E-state index is 13.5. The number of benzene rings is 4. The lowest BCUT2D eigenvalue weighted by molar-refractivity contribution is -0.116. The molecule has 12 heteroatoms. The van der Waals surface area contributed by atoms with Gasteiger partial charge in [0.2, 0.25) is 5.91 Å². The molecule has 1 aromatic heterocycles. The van der Waals surface area contributed by atoms with E-state index in [-0.39, 0.29) is 16.6 Å². The topological polar surface area (TPSA) is 109 Å². The highest BCUT2D eigenvalue weighted by Crippen LogP contribution is 2.32. The molecule has 5 aromatic rings. The van der Waals surface area contributed by atoms with Crippen molar-refractivity contribution >= 4 is 91.1 Å². The minimum absolute atomic E-state index is 0.0321. The summed E-state index contributed by atoms with van der Waals surface area (Å²) in [7, 11) is 1.60. The van der Waals surface area contributed by atoms with Gasteiger partial charge in [-0.15, -0.1) is 11.8 Å². The molecule has 8 nitrogen and oxygen atoms in total. The quantitative estimate of drug-likeness (QED) is 0.0947. The number of ether oxygens (including phenoxy) is 1. The number of amides is 3. The zero-order valence-corrected chi connectivity index (χ0v) is 27.8. The molecule has 0 aliphatic heterocycles. The molecule has 0 bridgehead atoms. The van der Waals surface area contributed by atoms with Gasteiger partial charge in [0.25, 0.3) is 11.8 Å². The van der Waals surface area contributed by atoms with Crippen LogP contribution in [0.1, 0.15) is 29.3 Å². The molecule has 0 radical (unpaired) electrons. The zero-order valence-electron chi connectivity index (χ0n) is 24.7. The molecular formula is C34H28Cl2N4O4S2. The first-order valence-electron chi connectivity index (χ1n) is 14.1. The van der Waals surface area contributed by atoms with Crippen molar-refractivity contribution in [1.29, 1.82) is 0 Å². The van der Waals surface area contributed by atoms with Crippen LogP contribution < -0.4 is 20.7 Å². The Bertz CT molecular complexity index is 1930. The van der Waals surface area contributed by atoms with Crippen LogP contribution in [-0.2, 0) is 9.59 Å². The molecular weight excluding hydrogens is 663 g/mol. The highest BCUT2D eigenvalue weighted by Gasteiger charge is 2.21. The number of thiazole rings is 1. The molecule has 3 N–H and O–H groups in total. The fraction of sp³-hybridized carbons (Fsp3) is 0.118. The molecule has 1 atom stereocenters. The van der Waals surface area contributed by atoms with Crippen LogP contribution in [0, 0.1) is 0 Å². The van der Waals surface area contributed by atoms with E-state index in [4.69, 9.17) is 27.9 Å². The van der Waals surface area contributed by atoms with E-state index in [9.17, 15) is 14.4 Å². The predicted molar refractivity (Wildman–Crippen MR) is 188 cm³/mol. The summed E-state index contributed by atoms with van der Waals surface area (Å²) in [6, 6.07) is 26.3. The molecule has 0 aliphatic rings. The summed E-state index contributed by atoms with van der Waals surface area (Å²) in [5.74, 6) is -0.495. The van der Waals surface area contributed by atoms with Gasteiger partial charge >= 0.3 is 0 Å². The average Bonchev–Trinajstić information content (AvgIpc) is 3.47. The van der Waals surface area contributed by atoms with Crippen LogP contribution in [0.25, 0.3) is 16.3 Å². The van der Waals surface area contributed by atoms with Crippen LogP contribution in [0.4, 0.5) is 10.8 Å². The first kappa shape index (κ1) is 33.0. The molecule has 0 saturated carbocycles. The molecule has 1 unspecified atom stereocenters. The van der Waals surface area contributed by atoms with Gasteiger partial charge in [-0.1, -0.05) is 77.9 Å². The van der Waals surface area contributed by atoms with Crippen LogP contribution in [-0.4, -0.2) is 35.1 Å². The van der Waals surface area contributed by atoms with E-state index in [1.54, 1.807) is 73.8 Å². The summed E-state index contributed by atoms with van der Waals surface area (Å²) >= 11 is 15.3. The molecule has 5 rings (SSSR count). The number of fused-ring (bicyclic) bond motifs is 1. The smallest absolute Gasteiger partial charge is 0.272 e. The van der Waals surface area contributed by atoms with Gasteiger partial charge in [0.05, 0.1) is 32.6 Å². The van der Waals surface area contributed by atoms with Crippen molar-refractivity contribution in [3.63, 3.8) is 0 Å². The van der Waals surface area contributed by atoms with Crippen molar-refractivity contribution in [2.75, 3.05) is 17.7 Å². The van der Waals surface area contributed by atoms with Gasteiger partial charge in [0, 0.05) is 16.1 Å². The van der Waals surface area contributed by atoms with Crippen LogP contribution in [0.15, 0.2) is 102 Å². The Hall–Kier alpha value is -4.35. The number of carbonyl (C=O) groups excluding carboxylic acids is 3. The molecule has 46 heavy (non-hydrogen) atoms. The summed E-state index contributed by atoms with van der Waals surface area (Å²) in [6.07, 6.45) is 2.03. The first-order chi connectivity index (χ1) is 22.2. The SMILES string of the molecule is CCC(Sc1cccc(NC(=O)/C(=C\c2cccc(Cl)c2Cl)NC(=O)c2ccccc2)c1)C(=O)Nc1nc2ccc(OC)cc2s1. The summed E-state index contributed by atoms with van der Waals surface area (Å²) in [5, 5.41) is 9.12. The van der Waals surface area contributed by atoms with Crippen molar-refractivity contribution in [3.05, 3.63) is 118 Å². The van der Waals surface area contributed by atoms with E-state index < -0.39 is 17.1 Å². The number of nitrogens with one attached hydrogen (secondary N) is 3. The van der Waals surface area contributed by atoms with Crippen molar-refractivity contribution < 1.29 is 19.1 Å². The summed E-state index contributed by atoms with van der Waals surface area (Å²) in [4.78, 5) is 45.0. The summed E-state index contributed by atoms with van der Waals surface area (Å²) in [6.45, 7) is 1.93. The molecule has 0 spiro atoms. The minimum Gasteiger partial charge on any atom is -0.497 e. The van der Waals surface area contributed by atoms with E-state index in [1.165, 1.54) is 29.2 Å². The number of aromatic nitrogens is 1. The predicted octanol–water partition coefficient (Wildman–Crippen LogP) is 8.53. The molecule has 0 saturated heterocycles. The number of anilines is 2. The van der Waals surface area contributed by atoms with Gasteiger partial charge in [0.15, 0.2) is 5.13 Å². The lowest BCUT2D eigenvalue weighted by Gasteiger charge is -2.15. The largest absolute Gasteiger partial charge is 0.497 e. The normalized spacial score (nSPS) is 12.0. The molecule has 0 aliphatic carbocycles. The zero-order chi connectivity index (χ0) is 32.6. The number of thioether (sulfide) groups is 1. The third-order valence-corrected chi connectivity index (χ3v) is 9.79. The molecule has 3 amide bonds. The monoisotopic (exact) mass is 690 g/mol. The van der Waals surface area contributed by atoms with Crippen molar-refractivity contribution in [1.82, 2.24) is 10.3 Å². The van der Waals surface area contributed by atoms with Gasteiger partial charge < -0.3 is 20.7 Å². The second-order valence-corrected chi connectivity index (χ2v) is 13.0. The summed E-state index contributed by atoms with van der Waals surface area (Å²) < 4.78 is 6.19. The average molecular weight is 692 g/mol. The minimum atomic E-state index is -0.570. The Morgan fingerprint density at radius 1 is 0.957 bits per heavy atom. The second-order valence-electron chi connectivity index (χ2n) is 9.86. The number of halogens is 2. The number of methoxy groups -OCH3 is 1. The van der Waals surface area contributed by atoms with E-state index in [1.807, 2.05) is 31.2 Å². The highest BCUT2D eigenvalue weighted by molar-refractivity contribution is 8.00. The Morgan fingerprint density at radius 2 is 1.74 bits per heavy atom. The van der Waals surface area contributed by atoms with Crippen molar-refractivity contribution in [2.24, 2.45) is 0 Å². The fourth-order valence-electron chi connectivity index (χ4n) is 4.33. The molecule has 4 aromatic carbocycles. The summed E-state index contributed by atoms with van der Waals surface area (Å²) in [5.41, 5.74) is 2.06. The lowest BCUT2D eigenvalue weighted by atomic mass is 10.1. The maximum Gasteiger partial charge on any atom is 0.272 e. The number of hydrogen-bond donors (Lipinski definition) is 3. The number of carbonyl (C=O) groups is 3. The van der Waals surface area contributed by atoms with Gasteiger partial charge in [-0.2, -0.15) is 0 Å². The number of rotatable bonds is 11. The Labute approximate surface area is 284 Å². The van der Waals surface area contributed by atoms with Crippen molar-refractivity contribution in [3.8, 4) is 5.75 Å². The van der Waals surface area contributed by atoms with Gasteiger partial charge in [-0.3, -0.25) is 14.4 Å². The van der Waals surface area contributed by atoms with Crippen molar-refractivity contribution in [2.45, 2.75) is 23.5 Å². The van der Waals surface area contributed by atoms with Gasteiger partial charge in [-0.05, 0) is 72.7 Å². The Balaban J connectivity index is 1.31. The van der Waals surface area contributed by atoms with Crippen LogP contribution >= 0.6 is 46.3 Å². The highest BCUT2D eigenvalue weighted by atomic mass is 35.5. The molecule has 0 fully saturated rings. The maximum atomic E-state index is 13.5. The second kappa shape index (κ2) is 15.3. The van der Waals surface area contributed by atoms with Crippen LogP contribution in [0.3, 0.4) is 0 Å². The van der Waals surface area contributed by atoms with Crippen LogP contribution in [0.5, 0.6) is 5.75 Å². The number of nitrogens with zero attached hydrogens (tertiary/aromatic N) is 1. The van der Waals surface area contributed by atoms with E-state index in [0.29, 0.717) is 33.4 Å². The fourth-order valence-corrected chi connectivity index (χ4v) is 6.61. The first-order valence-corrected chi connectivity index (χ1v) is 16.5. The molecule has 234 valence electrons. The Morgan fingerprint density at radius 3 is 2.50 bits per heavy atom. The molecule has 1 heterocycles. The third kappa shape index (κ3) is 8.27. The number of hydrogen-bond acceptors (Lipinski definition) is 7. The Kier molecular flexibility index (Phi) is 11.0. The van der Waals surface area contributed by atoms with E-state index in [2.05, 4.69) is 20.9 Å². The van der Waals surface area contributed by atoms with E-state index in [0.717, 1.165) is 20.9 Å². The van der Waals surface area contributed by atoms with Crippen LogP contribution in [0.2, 0.25) is 10.0 Å². The standard InChI is InChI=1S/C34H28Cl2N4O4S2/c1-3-28(33(43)40-34-39-26-16-15-23(44-2)19-29(26)46-34)45-24-13-8-12-22(18-24)37-32(42)27(17-21-11-7-14-25(35)30(21)36)38-31(41)20-9-5-4-6-10-20/h4-19,28H,3H2,1-2H3,(H,37,42)(H,38,41)(H,39,40,43)/b27-17+. The van der Waals surface area contributed by atoms with Gasteiger partial charge in [0.1, 0.15) is 11.4 Å². The third-order valence-electron chi connectivity index (χ3n) is 6.67.